The van der Waals surface area contributed by atoms with Crippen molar-refractivity contribution in [3.63, 3.8) is 0 Å². The monoisotopic (exact) mass is 474 g/mol. The minimum absolute atomic E-state index is 0.0123. The van der Waals surface area contributed by atoms with Crippen molar-refractivity contribution in [2.45, 2.75) is 32.0 Å². The third-order valence-corrected chi connectivity index (χ3v) is 5.65. The number of nitriles is 1. The van der Waals surface area contributed by atoms with Gasteiger partial charge in [0.15, 0.2) is 6.10 Å². The van der Waals surface area contributed by atoms with Crippen LogP contribution in [0.1, 0.15) is 33.4 Å². The molecule has 1 unspecified atom stereocenters. The summed E-state index contributed by atoms with van der Waals surface area (Å²) in [6.07, 6.45) is -11.7. The van der Waals surface area contributed by atoms with Crippen LogP contribution in [0.3, 0.4) is 0 Å². The molecule has 0 N–H and O–H groups in total. The van der Waals surface area contributed by atoms with Gasteiger partial charge in [-0.05, 0) is 36.8 Å². The van der Waals surface area contributed by atoms with Crippen molar-refractivity contribution in [2.24, 2.45) is 0 Å². The molecule has 1 atom stereocenters. The SMILES string of the molecule is Cc1nc(-c2ccc(C(F)(F)F)cc2)sc1C(OCc1ccc(C#N)c(F)c1)C(F)(F)F. The second kappa shape index (κ2) is 8.88. The zero-order valence-electron chi connectivity index (χ0n) is 16.2. The first-order valence-electron chi connectivity index (χ1n) is 8.92. The molecule has 0 aliphatic rings. The number of nitrogens with zero attached hydrogens (tertiary/aromatic N) is 2. The van der Waals surface area contributed by atoms with E-state index < -0.39 is 36.4 Å². The largest absolute Gasteiger partial charge is 0.419 e. The molecule has 168 valence electrons. The Bertz CT molecular complexity index is 1140. The minimum Gasteiger partial charge on any atom is -0.358 e. The fraction of sp³-hybridized carbons (Fsp3) is 0.238. The van der Waals surface area contributed by atoms with Crippen LogP contribution in [0.2, 0.25) is 0 Å². The zero-order valence-corrected chi connectivity index (χ0v) is 17.0. The van der Waals surface area contributed by atoms with Crippen LogP contribution in [0.25, 0.3) is 10.6 Å². The molecular weight excluding hydrogens is 461 g/mol. The number of halogens is 7. The number of aryl methyl sites for hydroxylation is 1. The molecule has 1 aromatic heterocycles. The maximum Gasteiger partial charge on any atom is 0.419 e. The smallest absolute Gasteiger partial charge is 0.358 e. The molecule has 0 aliphatic heterocycles. The molecule has 32 heavy (non-hydrogen) atoms. The van der Waals surface area contributed by atoms with Crippen LogP contribution in [-0.2, 0) is 17.5 Å². The van der Waals surface area contributed by atoms with Crippen LogP contribution < -0.4 is 0 Å². The summed E-state index contributed by atoms with van der Waals surface area (Å²) in [6, 6.07) is 8.85. The summed E-state index contributed by atoms with van der Waals surface area (Å²) < 4.78 is 98.0. The van der Waals surface area contributed by atoms with Gasteiger partial charge in [0.05, 0.1) is 28.3 Å². The molecule has 0 bridgehead atoms. The average Bonchev–Trinajstić information content (AvgIpc) is 3.08. The molecule has 3 nitrogen and oxygen atoms in total. The van der Waals surface area contributed by atoms with E-state index in [1.54, 1.807) is 6.07 Å². The normalized spacial score (nSPS) is 13.1. The molecule has 3 rings (SSSR count). The van der Waals surface area contributed by atoms with E-state index >= 15 is 0 Å². The Kier molecular flexibility index (Phi) is 6.57. The van der Waals surface area contributed by atoms with Gasteiger partial charge in [-0.15, -0.1) is 11.3 Å². The first-order chi connectivity index (χ1) is 14.9. The van der Waals surface area contributed by atoms with E-state index in [4.69, 9.17) is 10.00 Å². The highest BCUT2D eigenvalue weighted by atomic mass is 32.1. The number of alkyl halides is 6. The van der Waals surface area contributed by atoms with E-state index in [0.29, 0.717) is 11.3 Å². The van der Waals surface area contributed by atoms with Gasteiger partial charge in [-0.25, -0.2) is 9.37 Å². The molecular formula is C21H13F7N2OS. The highest BCUT2D eigenvalue weighted by molar-refractivity contribution is 7.15. The standard InChI is InChI=1S/C21H13F7N2OS/c1-11-17(32-19(30-11)13-4-6-15(7-5-13)20(23,24)25)18(21(26,27)28)31-10-12-2-3-14(9-29)16(22)8-12/h2-8,18H,10H2,1H3. The Hall–Kier alpha value is -2.97. The lowest BCUT2D eigenvalue weighted by Crippen LogP contribution is -2.23. The zero-order chi connectivity index (χ0) is 23.7. The highest BCUT2D eigenvalue weighted by Gasteiger charge is 2.44. The van der Waals surface area contributed by atoms with Gasteiger partial charge in [0.1, 0.15) is 16.9 Å². The molecule has 0 amide bonds. The van der Waals surface area contributed by atoms with Gasteiger partial charge < -0.3 is 4.74 Å². The summed E-state index contributed by atoms with van der Waals surface area (Å²) in [5.74, 6) is -0.879. The summed E-state index contributed by atoms with van der Waals surface area (Å²) in [5, 5.41) is 8.84. The van der Waals surface area contributed by atoms with Gasteiger partial charge in [0.2, 0.25) is 0 Å². The third kappa shape index (κ3) is 5.26. The molecule has 0 fully saturated rings. The lowest BCUT2D eigenvalue weighted by atomic mass is 10.1. The van der Waals surface area contributed by atoms with Crippen LogP contribution >= 0.6 is 11.3 Å². The molecule has 2 aromatic carbocycles. The van der Waals surface area contributed by atoms with Crippen LogP contribution in [-0.4, -0.2) is 11.2 Å². The van der Waals surface area contributed by atoms with E-state index in [0.717, 1.165) is 36.4 Å². The van der Waals surface area contributed by atoms with Crippen molar-refractivity contribution in [3.05, 3.63) is 75.5 Å². The number of ether oxygens (including phenoxy) is 1. The summed E-state index contributed by atoms with van der Waals surface area (Å²) in [4.78, 5) is 3.80. The predicted molar refractivity (Wildman–Crippen MR) is 102 cm³/mol. The predicted octanol–water partition coefficient (Wildman–Crippen LogP) is 6.97. The van der Waals surface area contributed by atoms with E-state index in [1.165, 1.54) is 13.0 Å². The lowest BCUT2D eigenvalue weighted by Gasteiger charge is -2.20. The van der Waals surface area contributed by atoms with Crippen LogP contribution in [0, 0.1) is 24.1 Å². The Morgan fingerprint density at radius 3 is 2.25 bits per heavy atom. The third-order valence-electron chi connectivity index (χ3n) is 4.40. The van der Waals surface area contributed by atoms with E-state index in [-0.39, 0.29) is 32.3 Å². The number of benzene rings is 2. The maximum absolute atomic E-state index is 13.7. The number of rotatable bonds is 5. The van der Waals surface area contributed by atoms with E-state index in [2.05, 4.69) is 4.98 Å². The maximum atomic E-state index is 13.7. The Labute approximate surface area is 181 Å². The fourth-order valence-electron chi connectivity index (χ4n) is 2.81. The quantitative estimate of drug-likeness (QED) is 0.375. The van der Waals surface area contributed by atoms with Gasteiger partial charge in [-0.2, -0.15) is 31.6 Å². The molecule has 0 saturated carbocycles. The van der Waals surface area contributed by atoms with Crippen molar-refractivity contribution in [1.82, 2.24) is 4.98 Å². The number of hydrogen-bond acceptors (Lipinski definition) is 4. The second-order valence-corrected chi connectivity index (χ2v) is 7.73. The van der Waals surface area contributed by atoms with E-state index in [9.17, 15) is 30.7 Å². The average molecular weight is 474 g/mol. The molecule has 3 aromatic rings. The number of thiazole rings is 1. The summed E-state index contributed by atoms with van der Waals surface area (Å²) >= 11 is 0.651. The van der Waals surface area contributed by atoms with Crippen molar-refractivity contribution in [1.29, 1.82) is 5.26 Å². The summed E-state index contributed by atoms with van der Waals surface area (Å²) in [7, 11) is 0. The van der Waals surface area contributed by atoms with Gasteiger partial charge in [-0.1, -0.05) is 18.2 Å². The topological polar surface area (TPSA) is 45.9 Å². The Morgan fingerprint density at radius 2 is 1.72 bits per heavy atom. The fourth-order valence-corrected chi connectivity index (χ4v) is 3.96. The van der Waals surface area contributed by atoms with Crippen LogP contribution in [0.4, 0.5) is 30.7 Å². The van der Waals surface area contributed by atoms with Gasteiger partial charge >= 0.3 is 12.4 Å². The molecule has 0 saturated heterocycles. The summed E-state index contributed by atoms with van der Waals surface area (Å²) in [6.45, 7) is 0.753. The number of hydrogen-bond donors (Lipinski definition) is 0. The highest BCUT2D eigenvalue weighted by Crippen LogP contribution is 2.43. The van der Waals surface area contributed by atoms with Crippen molar-refractivity contribution < 1.29 is 35.5 Å². The van der Waals surface area contributed by atoms with Gasteiger partial charge in [-0.3, -0.25) is 0 Å². The molecule has 0 aliphatic carbocycles. The van der Waals surface area contributed by atoms with Crippen molar-refractivity contribution >= 4 is 11.3 Å². The second-order valence-electron chi connectivity index (χ2n) is 6.70. The van der Waals surface area contributed by atoms with Crippen LogP contribution in [0.5, 0.6) is 0 Å². The molecule has 0 spiro atoms. The minimum atomic E-state index is -4.82. The lowest BCUT2D eigenvalue weighted by molar-refractivity contribution is -0.226. The Morgan fingerprint density at radius 1 is 1.06 bits per heavy atom. The van der Waals surface area contributed by atoms with Crippen LogP contribution in [0.15, 0.2) is 42.5 Å². The van der Waals surface area contributed by atoms with Gasteiger partial charge in [0.25, 0.3) is 0 Å². The molecule has 1 heterocycles. The van der Waals surface area contributed by atoms with Gasteiger partial charge in [0, 0.05) is 5.56 Å². The Balaban J connectivity index is 1.87. The molecule has 11 heteroatoms. The first kappa shape index (κ1) is 23.7. The number of aromatic nitrogens is 1. The van der Waals surface area contributed by atoms with E-state index in [1.807, 2.05) is 0 Å². The summed E-state index contributed by atoms with van der Waals surface area (Å²) in [5.41, 5.74) is -0.798. The van der Waals surface area contributed by atoms with Crippen molar-refractivity contribution in [2.75, 3.05) is 0 Å². The molecule has 0 radical (unpaired) electrons. The van der Waals surface area contributed by atoms with Crippen molar-refractivity contribution in [3.8, 4) is 16.6 Å². The first-order valence-corrected chi connectivity index (χ1v) is 9.73.